The van der Waals surface area contributed by atoms with Crippen LogP contribution in [0.1, 0.15) is 27.0 Å². The molecule has 1 amide bonds. The van der Waals surface area contributed by atoms with Gasteiger partial charge in [-0.3, -0.25) is 9.69 Å². The number of rotatable bonds is 6. The Bertz CT molecular complexity index is 760. The zero-order valence-electron chi connectivity index (χ0n) is 14.4. The molecule has 0 radical (unpaired) electrons. The molecule has 2 aromatic rings. The van der Waals surface area contributed by atoms with Gasteiger partial charge in [0.25, 0.3) is 5.91 Å². The SMILES string of the molecule is Cc1ccc(C(N)=O)c(OCC(O)CN2CCc3ccccc3C2)c1. The van der Waals surface area contributed by atoms with Gasteiger partial charge >= 0.3 is 0 Å². The number of nitrogens with two attached hydrogens (primary N) is 1. The number of fused-ring (bicyclic) bond motifs is 1. The summed E-state index contributed by atoms with van der Waals surface area (Å²) in [6.45, 7) is 4.34. The average molecular weight is 340 g/mol. The monoisotopic (exact) mass is 340 g/mol. The summed E-state index contributed by atoms with van der Waals surface area (Å²) in [4.78, 5) is 13.7. The summed E-state index contributed by atoms with van der Waals surface area (Å²) in [5.74, 6) is -0.104. The van der Waals surface area contributed by atoms with Crippen LogP contribution in [0.3, 0.4) is 0 Å². The number of benzene rings is 2. The summed E-state index contributed by atoms with van der Waals surface area (Å²) >= 11 is 0. The predicted molar refractivity (Wildman–Crippen MR) is 96.6 cm³/mol. The van der Waals surface area contributed by atoms with Crippen LogP contribution in [-0.2, 0) is 13.0 Å². The van der Waals surface area contributed by atoms with Crippen LogP contribution < -0.4 is 10.5 Å². The lowest BCUT2D eigenvalue weighted by Gasteiger charge is -2.30. The van der Waals surface area contributed by atoms with Crippen molar-refractivity contribution < 1.29 is 14.6 Å². The normalized spacial score (nSPS) is 15.4. The van der Waals surface area contributed by atoms with E-state index in [1.807, 2.05) is 19.1 Å². The molecule has 0 spiro atoms. The highest BCUT2D eigenvalue weighted by atomic mass is 16.5. The van der Waals surface area contributed by atoms with Gasteiger partial charge < -0.3 is 15.6 Å². The Morgan fingerprint density at radius 3 is 2.80 bits per heavy atom. The molecular weight excluding hydrogens is 316 g/mol. The van der Waals surface area contributed by atoms with Gasteiger partial charge in [-0.05, 0) is 42.2 Å². The van der Waals surface area contributed by atoms with Crippen molar-refractivity contribution >= 4 is 5.91 Å². The Kier molecular flexibility index (Phi) is 5.36. The van der Waals surface area contributed by atoms with Gasteiger partial charge in [0.15, 0.2) is 0 Å². The molecule has 0 saturated carbocycles. The van der Waals surface area contributed by atoms with E-state index in [9.17, 15) is 9.90 Å². The van der Waals surface area contributed by atoms with E-state index < -0.39 is 12.0 Å². The summed E-state index contributed by atoms with van der Waals surface area (Å²) in [6.07, 6.45) is 0.361. The maximum absolute atomic E-state index is 11.5. The summed E-state index contributed by atoms with van der Waals surface area (Å²) in [7, 11) is 0. The minimum Gasteiger partial charge on any atom is -0.490 e. The number of hydrogen-bond acceptors (Lipinski definition) is 4. The zero-order chi connectivity index (χ0) is 17.8. The van der Waals surface area contributed by atoms with Crippen molar-refractivity contribution in [3.63, 3.8) is 0 Å². The van der Waals surface area contributed by atoms with E-state index in [2.05, 4.69) is 23.1 Å². The Balaban J connectivity index is 1.56. The minimum atomic E-state index is -0.633. The second-order valence-electron chi connectivity index (χ2n) is 6.58. The first-order valence-electron chi connectivity index (χ1n) is 8.53. The number of hydrogen-bond donors (Lipinski definition) is 2. The van der Waals surface area contributed by atoms with Gasteiger partial charge in [-0.1, -0.05) is 30.3 Å². The molecule has 25 heavy (non-hydrogen) atoms. The van der Waals surface area contributed by atoms with Crippen molar-refractivity contribution in [1.82, 2.24) is 4.90 Å². The molecule has 0 bridgehead atoms. The largest absolute Gasteiger partial charge is 0.490 e. The van der Waals surface area contributed by atoms with E-state index in [1.54, 1.807) is 12.1 Å². The molecule has 132 valence electrons. The van der Waals surface area contributed by atoms with Gasteiger partial charge in [0.1, 0.15) is 18.5 Å². The van der Waals surface area contributed by atoms with Gasteiger partial charge in [0.2, 0.25) is 0 Å². The lowest BCUT2D eigenvalue weighted by molar-refractivity contribution is 0.0631. The van der Waals surface area contributed by atoms with Crippen molar-refractivity contribution in [3.05, 3.63) is 64.7 Å². The van der Waals surface area contributed by atoms with Gasteiger partial charge in [-0.2, -0.15) is 0 Å². The van der Waals surface area contributed by atoms with E-state index in [4.69, 9.17) is 10.5 Å². The molecule has 0 fully saturated rings. The Morgan fingerprint density at radius 2 is 2.04 bits per heavy atom. The van der Waals surface area contributed by atoms with Crippen molar-refractivity contribution in [2.24, 2.45) is 5.73 Å². The molecule has 1 atom stereocenters. The van der Waals surface area contributed by atoms with Crippen LogP contribution in [0.5, 0.6) is 5.75 Å². The van der Waals surface area contributed by atoms with Crippen LogP contribution in [0.2, 0.25) is 0 Å². The number of carbonyl (C=O) groups excluding carboxylic acids is 1. The first-order chi connectivity index (χ1) is 12.0. The van der Waals surface area contributed by atoms with Crippen LogP contribution in [0.25, 0.3) is 0 Å². The highest BCUT2D eigenvalue weighted by Gasteiger charge is 2.19. The summed E-state index contributed by atoms with van der Waals surface area (Å²) < 4.78 is 5.67. The van der Waals surface area contributed by atoms with Crippen LogP contribution in [-0.4, -0.2) is 41.7 Å². The van der Waals surface area contributed by atoms with Crippen LogP contribution >= 0.6 is 0 Å². The van der Waals surface area contributed by atoms with Gasteiger partial charge in [-0.15, -0.1) is 0 Å². The lowest BCUT2D eigenvalue weighted by atomic mass is 10.00. The van der Waals surface area contributed by atoms with Gasteiger partial charge in [0, 0.05) is 19.6 Å². The lowest BCUT2D eigenvalue weighted by Crippen LogP contribution is -2.38. The predicted octanol–water partition coefficient (Wildman–Crippen LogP) is 1.89. The molecule has 1 unspecified atom stereocenters. The number of aryl methyl sites for hydroxylation is 1. The zero-order valence-corrected chi connectivity index (χ0v) is 14.4. The van der Waals surface area contributed by atoms with Gasteiger partial charge in [0.05, 0.1) is 5.56 Å². The molecule has 3 rings (SSSR count). The van der Waals surface area contributed by atoms with Crippen LogP contribution in [0.4, 0.5) is 0 Å². The van der Waals surface area contributed by atoms with E-state index in [1.165, 1.54) is 11.1 Å². The molecule has 1 aliphatic heterocycles. The second-order valence-corrected chi connectivity index (χ2v) is 6.58. The highest BCUT2D eigenvalue weighted by molar-refractivity contribution is 5.95. The molecule has 5 heteroatoms. The molecule has 1 heterocycles. The smallest absolute Gasteiger partial charge is 0.252 e. The fourth-order valence-electron chi connectivity index (χ4n) is 3.20. The second kappa shape index (κ2) is 7.68. The number of aliphatic hydroxyl groups is 1. The topological polar surface area (TPSA) is 75.8 Å². The van der Waals surface area contributed by atoms with E-state index >= 15 is 0 Å². The third-order valence-corrected chi connectivity index (χ3v) is 4.51. The standard InChI is InChI=1S/C20H24N2O3/c1-14-6-7-18(20(21)24)19(10-14)25-13-17(23)12-22-9-8-15-4-2-3-5-16(15)11-22/h2-7,10,17,23H,8-9,11-13H2,1H3,(H2,21,24). The fourth-order valence-corrected chi connectivity index (χ4v) is 3.20. The minimum absolute atomic E-state index is 0.127. The van der Waals surface area contributed by atoms with Crippen molar-refractivity contribution in [3.8, 4) is 5.75 Å². The number of ether oxygens (including phenoxy) is 1. The number of primary amides is 1. The summed E-state index contributed by atoms with van der Waals surface area (Å²) in [5, 5.41) is 10.3. The van der Waals surface area contributed by atoms with Crippen molar-refractivity contribution in [2.75, 3.05) is 19.7 Å². The maximum atomic E-state index is 11.5. The Hall–Kier alpha value is -2.37. The third-order valence-electron chi connectivity index (χ3n) is 4.51. The summed E-state index contributed by atoms with van der Waals surface area (Å²) in [5.41, 5.74) is 9.39. The number of carbonyl (C=O) groups is 1. The quantitative estimate of drug-likeness (QED) is 0.842. The average Bonchev–Trinajstić information content (AvgIpc) is 2.59. The number of β-amino-alcohol motifs (C(OH)–C–C–N with tert-alkyl or cyclic N) is 1. The molecular formula is C20H24N2O3. The van der Waals surface area contributed by atoms with Gasteiger partial charge in [-0.25, -0.2) is 0 Å². The third kappa shape index (κ3) is 4.38. The fraction of sp³-hybridized carbons (Fsp3) is 0.350. The van der Waals surface area contributed by atoms with E-state index in [0.717, 1.165) is 25.1 Å². The summed E-state index contributed by atoms with van der Waals surface area (Å²) in [6, 6.07) is 13.6. The molecule has 2 aromatic carbocycles. The number of nitrogens with zero attached hydrogens (tertiary/aromatic N) is 1. The van der Waals surface area contributed by atoms with Crippen LogP contribution in [0.15, 0.2) is 42.5 Å². The Labute approximate surface area is 148 Å². The molecule has 3 N–H and O–H groups in total. The van der Waals surface area contributed by atoms with Crippen molar-refractivity contribution in [2.45, 2.75) is 26.0 Å². The molecule has 0 aliphatic carbocycles. The first kappa shape index (κ1) is 17.5. The number of aliphatic hydroxyl groups excluding tert-OH is 1. The molecule has 5 nitrogen and oxygen atoms in total. The van der Waals surface area contributed by atoms with Crippen molar-refractivity contribution in [1.29, 1.82) is 0 Å². The molecule has 0 aromatic heterocycles. The van der Waals surface area contributed by atoms with E-state index in [0.29, 0.717) is 17.9 Å². The molecule has 0 saturated heterocycles. The number of amides is 1. The van der Waals surface area contributed by atoms with E-state index in [-0.39, 0.29) is 6.61 Å². The molecule has 1 aliphatic rings. The first-order valence-corrected chi connectivity index (χ1v) is 8.53. The maximum Gasteiger partial charge on any atom is 0.252 e. The highest BCUT2D eigenvalue weighted by Crippen LogP contribution is 2.21. The van der Waals surface area contributed by atoms with Crippen LogP contribution in [0, 0.1) is 6.92 Å². The Morgan fingerprint density at radius 1 is 1.28 bits per heavy atom.